The van der Waals surface area contributed by atoms with Gasteiger partial charge in [0.05, 0.1) is 0 Å². The van der Waals surface area contributed by atoms with Crippen molar-refractivity contribution in [3.63, 3.8) is 0 Å². The number of nitrogens with two attached hydrogens (primary N) is 1. The van der Waals surface area contributed by atoms with Crippen molar-refractivity contribution in [2.24, 2.45) is 5.73 Å². The van der Waals surface area contributed by atoms with Crippen LogP contribution >= 0.6 is 0 Å². The third-order valence-electron chi connectivity index (χ3n) is 4.11. The van der Waals surface area contributed by atoms with Crippen molar-refractivity contribution in [3.8, 4) is 0 Å². The summed E-state index contributed by atoms with van der Waals surface area (Å²) in [4.78, 5) is -0.164. The maximum absolute atomic E-state index is 14.0. The molecule has 1 aliphatic carbocycles. The van der Waals surface area contributed by atoms with Crippen molar-refractivity contribution in [2.75, 3.05) is 12.8 Å². The van der Waals surface area contributed by atoms with E-state index < -0.39 is 21.1 Å². The molecule has 0 atom stereocenters. The highest BCUT2D eigenvalue weighted by Crippen LogP contribution is 2.41. The predicted octanol–water partition coefficient (Wildman–Crippen LogP) is 2.39. The van der Waals surface area contributed by atoms with Gasteiger partial charge >= 0.3 is 0 Å². The van der Waals surface area contributed by atoms with Gasteiger partial charge < -0.3 is 5.73 Å². The summed E-state index contributed by atoms with van der Waals surface area (Å²) >= 11 is 0. The Morgan fingerprint density at radius 1 is 1.26 bits per heavy atom. The molecular weight excluding hydrogens is 265 g/mol. The van der Waals surface area contributed by atoms with E-state index in [4.69, 9.17) is 5.73 Å². The fourth-order valence-corrected chi connectivity index (χ4v) is 4.22. The maximum atomic E-state index is 14.0. The lowest BCUT2D eigenvalue weighted by atomic mass is 9.69. The summed E-state index contributed by atoms with van der Waals surface area (Å²) in [5.74, 6) is -0.668. The summed E-state index contributed by atoms with van der Waals surface area (Å²) in [6.45, 7) is 0.360. The lowest BCUT2D eigenvalue weighted by molar-refractivity contribution is 0.294. The second-order valence-electron chi connectivity index (χ2n) is 5.43. The Hall–Kier alpha value is -0.940. The van der Waals surface area contributed by atoms with E-state index in [1.54, 1.807) is 12.1 Å². The van der Waals surface area contributed by atoms with Crippen LogP contribution in [0.3, 0.4) is 0 Å². The molecule has 0 bridgehead atoms. The Balaban J connectivity index is 2.64. The summed E-state index contributed by atoms with van der Waals surface area (Å²) in [5.41, 5.74) is 6.09. The van der Waals surface area contributed by atoms with Crippen molar-refractivity contribution in [1.82, 2.24) is 0 Å². The van der Waals surface area contributed by atoms with Crippen LogP contribution in [0.1, 0.15) is 37.7 Å². The van der Waals surface area contributed by atoms with E-state index in [9.17, 15) is 12.8 Å². The smallest absolute Gasteiger partial charge is 0.178 e. The van der Waals surface area contributed by atoms with E-state index in [0.717, 1.165) is 38.4 Å². The zero-order valence-electron chi connectivity index (χ0n) is 11.2. The molecule has 1 fully saturated rings. The van der Waals surface area contributed by atoms with Gasteiger partial charge in [-0.05, 0) is 24.5 Å². The van der Waals surface area contributed by atoms with Gasteiger partial charge in [0.1, 0.15) is 10.7 Å². The van der Waals surface area contributed by atoms with Gasteiger partial charge in [-0.1, -0.05) is 31.4 Å². The van der Waals surface area contributed by atoms with Gasteiger partial charge in [-0.2, -0.15) is 0 Å². The van der Waals surface area contributed by atoms with E-state index in [1.165, 1.54) is 6.07 Å². The van der Waals surface area contributed by atoms with Gasteiger partial charge in [-0.25, -0.2) is 12.8 Å². The minimum atomic E-state index is -3.59. The van der Waals surface area contributed by atoms with Crippen LogP contribution in [0.4, 0.5) is 4.39 Å². The molecule has 5 heteroatoms. The molecule has 0 aromatic heterocycles. The van der Waals surface area contributed by atoms with Gasteiger partial charge in [0.2, 0.25) is 0 Å². The van der Waals surface area contributed by atoms with Crippen LogP contribution in [0.25, 0.3) is 0 Å². The number of rotatable bonds is 3. The van der Waals surface area contributed by atoms with Crippen molar-refractivity contribution >= 4 is 9.84 Å². The minimum absolute atomic E-state index is 0.164. The summed E-state index contributed by atoms with van der Waals surface area (Å²) in [6.07, 6.45) is 5.87. The van der Waals surface area contributed by atoms with E-state index in [0.29, 0.717) is 12.1 Å². The average Bonchev–Trinajstić information content (AvgIpc) is 2.38. The molecule has 0 amide bonds. The molecule has 0 radical (unpaired) electrons. The molecular formula is C14H20FNO2S. The molecule has 1 aromatic rings. The third kappa shape index (κ3) is 2.67. The summed E-state index contributed by atoms with van der Waals surface area (Å²) in [6, 6.07) is 4.50. The molecule has 0 spiro atoms. The first-order valence-corrected chi connectivity index (χ1v) is 8.49. The Bertz CT molecular complexity index is 563. The summed E-state index contributed by atoms with van der Waals surface area (Å²) in [5, 5.41) is 0. The van der Waals surface area contributed by atoms with Gasteiger partial charge in [-0.15, -0.1) is 0 Å². The molecule has 19 heavy (non-hydrogen) atoms. The Kier molecular flexibility index (Phi) is 3.97. The normalized spacial score (nSPS) is 19.3. The predicted molar refractivity (Wildman–Crippen MR) is 73.3 cm³/mol. The highest BCUT2D eigenvalue weighted by atomic mass is 32.2. The van der Waals surface area contributed by atoms with Crippen LogP contribution in [0.5, 0.6) is 0 Å². The van der Waals surface area contributed by atoms with Gasteiger partial charge in [0, 0.05) is 18.2 Å². The molecule has 0 aliphatic heterocycles. The van der Waals surface area contributed by atoms with Crippen molar-refractivity contribution < 1.29 is 12.8 Å². The van der Waals surface area contributed by atoms with Crippen LogP contribution in [-0.4, -0.2) is 21.2 Å². The number of sulfone groups is 1. The van der Waals surface area contributed by atoms with E-state index in [2.05, 4.69) is 0 Å². The van der Waals surface area contributed by atoms with Gasteiger partial charge in [0.15, 0.2) is 9.84 Å². The minimum Gasteiger partial charge on any atom is -0.330 e. The highest BCUT2D eigenvalue weighted by molar-refractivity contribution is 7.90. The van der Waals surface area contributed by atoms with E-state index in [1.807, 2.05) is 0 Å². The number of hydrogen-bond donors (Lipinski definition) is 1. The van der Waals surface area contributed by atoms with Crippen LogP contribution in [-0.2, 0) is 15.3 Å². The number of hydrogen-bond acceptors (Lipinski definition) is 3. The first kappa shape index (κ1) is 14.5. The summed E-state index contributed by atoms with van der Waals surface area (Å²) in [7, 11) is -3.59. The second-order valence-corrected chi connectivity index (χ2v) is 7.39. The monoisotopic (exact) mass is 285 g/mol. The van der Waals surface area contributed by atoms with Crippen LogP contribution in [0.2, 0.25) is 0 Å². The van der Waals surface area contributed by atoms with Gasteiger partial charge in [0.25, 0.3) is 0 Å². The van der Waals surface area contributed by atoms with E-state index >= 15 is 0 Å². The van der Waals surface area contributed by atoms with Crippen LogP contribution in [0.15, 0.2) is 23.1 Å². The fraction of sp³-hybridized carbons (Fsp3) is 0.571. The first-order valence-electron chi connectivity index (χ1n) is 6.60. The molecule has 2 N–H and O–H groups in total. The lowest BCUT2D eigenvalue weighted by Crippen LogP contribution is -2.38. The molecule has 0 saturated heterocycles. The van der Waals surface area contributed by atoms with Gasteiger partial charge in [-0.3, -0.25) is 0 Å². The topological polar surface area (TPSA) is 60.2 Å². The molecule has 1 aromatic carbocycles. The van der Waals surface area contributed by atoms with Crippen LogP contribution < -0.4 is 5.73 Å². The number of halogens is 1. The Labute approximate surface area is 113 Å². The fourth-order valence-electron chi connectivity index (χ4n) is 3.12. The lowest BCUT2D eigenvalue weighted by Gasteiger charge is -2.37. The molecule has 3 nitrogen and oxygen atoms in total. The SMILES string of the molecule is CS(=O)(=O)c1c(F)cccc1C1(CN)CCCCC1. The zero-order chi connectivity index (χ0) is 14.1. The van der Waals surface area contributed by atoms with Crippen LogP contribution in [0, 0.1) is 5.82 Å². The Morgan fingerprint density at radius 3 is 2.42 bits per heavy atom. The largest absolute Gasteiger partial charge is 0.330 e. The van der Waals surface area contributed by atoms with Crippen molar-refractivity contribution in [2.45, 2.75) is 42.4 Å². The highest BCUT2D eigenvalue weighted by Gasteiger charge is 2.37. The second kappa shape index (κ2) is 5.21. The van der Waals surface area contributed by atoms with Crippen molar-refractivity contribution in [3.05, 3.63) is 29.6 Å². The first-order chi connectivity index (χ1) is 8.91. The average molecular weight is 285 g/mol. The van der Waals surface area contributed by atoms with E-state index in [-0.39, 0.29) is 4.90 Å². The molecule has 0 unspecified atom stereocenters. The molecule has 1 saturated carbocycles. The molecule has 2 rings (SSSR count). The molecule has 106 valence electrons. The molecule has 0 heterocycles. The maximum Gasteiger partial charge on any atom is 0.178 e. The number of benzene rings is 1. The third-order valence-corrected chi connectivity index (χ3v) is 5.27. The quantitative estimate of drug-likeness (QED) is 0.927. The zero-order valence-corrected chi connectivity index (χ0v) is 12.0. The standard InChI is InChI=1S/C14H20FNO2S/c1-19(17,18)13-11(6-5-7-12(13)15)14(10-16)8-3-2-4-9-14/h5-7H,2-4,8-10,16H2,1H3. The molecule has 1 aliphatic rings. The Morgan fingerprint density at radius 2 is 1.89 bits per heavy atom. The summed E-state index contributed by atoms with van der Waals surface area (Å²) < 4.78 is 37.8. The van der Waals surface area contributed by atoms with Crippen molar-refractivity contribution in [1.29, 1.82) is 0 Å².